The molecule has 0 saturated carbocycles. The summed E-state index contributed by atoms with van der Waals surface area (Å²) < 4.78 is 0. The number of benzene rings is 8. The average molecular weight is 652 g/mol. The van der Waals surface area contributed by atoms with E-state index >= 15 is 0 Å². The van der Waals surface area contributed by atoms with E-state index in [1.165, 1.54) is 66.4 Å². The molecule has 0 aliphatic heterocycles. The van der Waals surface area contributed by atoms with E-state index < -0.39 is 0 Å². The van der Waals surface area contributed by atoms with Gasteiger partial charge in [-0.05, 0) is 115 Å². The number of nitrogens with zero attached hydrogens (tertiary/aromatic N) is 1. The van der Waals surface area contributed by atoms with Gasteiger partial charge in [0.15, 0.2) is 0 Å². The van der Waals surface area contributed by atoms with Crippen molar-refractivity contribution in [2.45, 2.75) is 24.7 Å². The Labute approximate surface area is 300 Å². The summed E-state index contributed by atoms with van der Waals surface area (Å²) in [6.07, 6.45) is 0. The number of para-hydroxylation sites is 2. The second-order valence-electron chi connectivity index (χ2n) is 14.5. The molecule has 0 aromatic heterocycles. The smallest absolute Gasteiger partial charge is 0.0719 e. The number of anilines is 3. The number of fused-ring (bicyclic) bond motifs is 10. The Bertz CT molecular complexity index is 2530. The van der Waals surface area contributed by atoms with Gasteiger partial charge in [0, 0.05) is 22.5 Å². The molecule has 0 atom stereocenters. The third-order valence-electron chi connectivity index (χ3n) is 11.5. The third-order valence-corrected chi connectivity index (χ3v) is 11.5. The number of hydrogen-bond donors (Lipinski definition) is 0. The fourth-order valence-corrected chi connectivity index (χ4v) is 9.20. The molecule has 0 amide bonds. The van der Waals surface area contributed by atoms with Crippen molar-refractivity contribution in [1.82, 2.24) is 0 Å². The average Bonchev–Trinajstić information content (AvgIpc) is 3.48. The summed E-state index contributed by atoms with van der Waals surface area (Å²) in [5.41, 5.74) is 16.4. The lowest BCUT2D eigenvalue weighted by atomic mass is 9.55. The lowest BCUT2D eigenvalue weighted by Gasteiger charge is -2.46. The predicted molar refractivity (Wildman–Crippen MR) is 213 cm³/mol. The van der Waals surface area contributed by atoms with Crippen LogP contribution in [-0.2, 0) is 10.8 Å². The molecule has 0 unspecified atom stereocenters. The Morgan fingerprint density at radius 3 is 1.45 bits per heavy atom. The molecule has 1 spiro atoms. The molecule has 0 N–H and O–H groups in total. The van der Waals surface area contributed by atoms with Gasteiger partial charge in [0.25, 0.3) is 0 Å². The summed E-state index contributed by atoms with van der Waals surface area (Å²) in [5.74, 6) is 0. The summed E-state index contributed by atoms with van der Waals surface area (Å²) >= 11 is 0. The molecule has 10 rings (SSSR count). The third kappa shape index (κ3) is 4.28. The summed E-state index contributed by atoms with van der Waals surface area (Å²) in [6.45, 7) is 4.76. The highest BCUT2D eigenvalue weighted by atomic mass is 15.1. The maximum absolute atomic E-state index is 2.44. The van der Waals surface area contributed by atoms with E-state index in [-0.39, 0.29) is 10.8 Å². The minimum Gasteiger partial charge on any atom is -0.310 e. The molecule has 2 aliphatic rings. The van der Waals surface area contributed by atoms with E-state index in [4.69, 9.17) is 0 Å². The highest BCUT2D eigenvalue weighted by Gasteiger charge is 2.53. The van der Waals surface area contributed by atoms with Crippen LogP contribution in [0.5, 0.6) is 0 Å². The van der Waals surface area contributed by atoms with Crippen molar-refractivity contribution in [2.24, 2.45) is 0 Å². The van der Waals surface area contributed by atoms with E-state index in [0.29, 0.717) is 0 Å². The number of hydrogen-bond acceptors (Lipinski definition) is 1. The molecule has 0 saturated heterocycles. The van der Waals surface area contributed by atoms with Crippen LogP contribution in [0.3, 0.4) is 0 Å². The van der Waals surface area contributed by atoms with Gasteiger partial charge in [-0.25, -0.2) is 0 Å². The second-order valence-corrected chi connectivity index (χ2v) is 14.5. The second kappa shape index (κ2) is 11.2. The van der Waals surface area contributed by atoms with E-state index in [1.54, 1.807) is 0 Å². The Kier molecular flexibility index (Phi) is 6.51. The maximum atomic E-state index is 2.44. The van der Waals surface area contributed by atoms with Crippen LogP contribution in [-0.4, -0.2) is 0 Å². The number of rotatable bonds is 4. The summed E-state index contributed by atoms with van der Waals surface area (Å²) in [4.78, 5) is 2.32. The minimum atomic E-state index is -0.365. The highest BCUT2D eigenvalue weighted by molar-refractivity contribution is 5.94. The Morgan fingerprint density at radius 1 is 0.333 bits per heavy atom. The molecule has 0 fully saturated rings. The lowest BCUT2D eigenvalue weighted by Crippen LogP contribution is -2.40. The zero-order chi connectivity index (χ0) is 34.2. The van der Waals surface area contributed by atoms with Gasteiger partial charge in [0.1, 0.15) is 0 Å². The van der Waals surface area contributed by atoms with Gasteiger partial charge < -0.3 is 4.90 Å². The van der Waals surface area contributed by atoms with Crippen molar-refractivity contribution in [2.75, 3.05) is 4.90 Å². The molecule has 0 heterocycles. The monoisotopic (exact) mass is 651 g/mol. The van der Waals surface area contributed by atoms with Crippen LogP contribution in [0.2, 0.25) is 0 Å². The van der Waals surface area contributed by atoms with E-state index in [9.17, 15) is 0 Å². The largest absolute Gasteiger partial charge is 0.310 e. The molecule has 0 bridgehead atoms. The van der Waals surface area contributed by atoms with Crippen LogP contribution in [0.15, 0.2) is 188 Å². The molecule has 51 heavy (non-hydrogen) atoms. The standard InChI is InChI=1S/C50H37N/c1-49(2)45-21-11-13-23-47(45)50(48-24-14-12-22-46(48)49)43-20-10-9-19-41(43)42-33-37(28-30-44(42)50)34-25-26-36-32-40(29-27-35(36)31-34)51(38-15-5-3-6-16-38)39-17-7-4-8-18-39/h3-33H,1-2H3. The molecule has 0 radical (unpaired) electrons. The molecule has 1 heteroatoms. The van der Waals surface area contributed by atoms with Gasteiger partial charge in [0.2, 0.25) is 0 Å². The van der Waals surface area contributed by atoms with Crippen molar-refractivity contribution in [3.63, 3.8) is 0 Å². The van der Waals surface area contributed by atoms with Crippen LogP contribution in [0.1, 0.15) is 47.2 Å². The molecule has 242 valence electrons. The molecular weight excluding hydrogens is 615 g/mol. The van der Waals surface area contributed by atoms with E-state index in [0.717, 1.165) is 17.1 Å². The minimum absolute atomic E-state index is 0.0970. The van der Waals surface area contributed by atoms with Crippen molar-refractivity contribution in [1.29, 1.82) is 0 Å². The highest BCUT2D eigenvalue weighted by Crippen LogP contribution is 2.62. The molecule has 2 aliphatic carbocycles. The first kappa shape index (κ1) is 29.7. The Balaban J connectivity index is 1.11. The fourth-order valence-electron chi connectivity index (χ4n) is 9.20. The van der Waals surface area contributed by atoms with E-state index in [1.807, 2.05) is 0 Å². The van der Waals surface area contributed by atoms with E-state index in [2.05, 4.69) is 207 Å². The van der Waals surface area contributed by atoms with Crippen molar-refractivity contribution in [3.05, 3.63) is 221 Å². The normalized spacial score (nSPS) is 14.4. The topological polar surface area (TPSA) is 3.24 Å². The molecular formula is C50H37N. The summed E-state index contributed by atoms with van der Waals surface area (Å²) in [6, 6.07) is 69.5. The summed E-state index contributed by atoms with van der Waals surface area (Å²) in [5, 5.41) is 2.45. The van der Waals surface area contributed by atoms with Crippen LogP contribution in [0.4, 0.5) is 17.1 Å². The summed E-state index contributed by atoms with van der Waals surface area (Å²) in [7, 11) is 0. The first-order valence-corrected chi connectivity index (χ1v) is 17.9. The van der Waals surface area contributed by atoms with Crippen LogP contribution < -0.4 is 4.90 Å². The van der Waals surface area contributed by atoms with Crippen molar-refractivity contribution >= 4 is 27.8 Å². The first-order chi connectivity index (χ1) is 25.0. The van der Waals surface area contributed by atoms with Crippen LogP contribution in [0, 0.1) is 0 Å². The molecule has 8 aromatic rings. The van der Waals surface area contributed by atoms with Crippen molar-refractivity contribution in [3.8, 4) is 22.3 Å². The predicted octanol–water partition coefficient (Wildman–Crippen LogP) is 13.0. The van der Waals surface area contributed by atoms with Gasteiger partial charge in [0.05, 0.1) is 5.41 Å². The van der Waals surface area contributed by atoms with Gasteiger partial charge in [-0.2, -0.15) is 0 Å². The van der Waals surface area contributed by atoms with Gasteiger partial charge >= 0.3 is 0 Å². The SMILES string of the molecule is CC1(C)c2ccccc2C2(c3ccccc3-c3cc(-c4ccc5cc(N(c6ccccc6)c6ccccc6)ccc5c4)ccc32)c2ccccc21. The lowest BCUT2D eigenvalue weighted by molar-refractivity contribution is 0.563. The Hall–Kier alpha value is -6.18. The van der Waals surface area contributed by atoms with Gasteiger partial charge in [-0.3, -0.25) is 0 Å². The van der Waals surface area contributed by atoms with Gasteiger partial charge in [-0.1, -0.05) is 153 Å². The first-order valence-electron chi connectivity index (χ1n) is 17.9. The zero-order valence-corrected chi connectivity index (χ0v) is 28.8. The fraction of sp³-hybridized carbons (Fsp3) is 0.0800. The van der Waals surface area contributed by atoms with Gasteiger partial charge in [-0.15, -0.1) is 0 Å². The Morgan fingerprint density at radius 2 is 0.804 bits per heavy atom. The molecule has 1 nitrogen and oxygen atoms in total. The van der Waals surface area contributed by atoms with Crippen LogP contribution >= 0.6 is 0 Å². The zero-order valence-electron chi connectivity index (χ0n) is 28.8. The maximum Gasteiger partial charge on any atom is 0.0719 e. The molecule has 8 aromatic carbocycles. The quantitative estimate of drug-likeness (QED) is 0.183. The van der Waals surface area contributed by atoms with Crippen molar-refractivity contribution < 1.29 is 0 Å². The van der Waals surface area contributed by atoms with Crippen LogP contribution in [0.25, 0.3) is 33.0 Å².